The molecule has 1 aromatic heterocycles. The lowest BCUT2D eigenvalue weighted by atomic mass is 9.97. The van der Waals surface area contributed by atoms with Gasteiger partial charge in [0.25, 0.3) is 0 Å². The van der Waals surface area contributed by atoms with Gasteiger partial charge in [-0.25, -0.2) is 4.39 Å². The van der Waals surface area contributed by atoms with E-state index in [1.165, 1.54) is 0 Å². The maximum atomic E-state index is 12.9. The summed E-state index contributed by atoms with van der Waals surface area (Å²) in [5.41, 5.74) is 0.896. The van der Waals surface area contributed by atoms with Crippen molar-refractivity contribution in [2.24, 2.45) is 5.92 Å². The fraction of sp³-hybridized carbons (Fsp3) is 0.455. The zero-order chi connectivity index (χ0) is 11.0. The first-order valence-electron chi connectivity index (χ1n) is 4.88. The Morgan fingerprint density at radius 1 is 1.67 bits per heavy atom. The van der Waals surface area contributed by atoms with Crippen molar-refractivity contribution in [1.29, 1.82) is 5.26 Å². The molecule has 1 heterocycles. The average molecular weight is 206 g/mol. The first-order valence-corrected chi connectivity index (χ1v) is 4.88. The second kappa shape index (κ2) is 3.50. The van der Waals surface area contributed by atoms with Crippen LogP contribution in [0.2, 0.25) is 0 Å². The molecule has 1 N–H and O–H groups in total. The van der Waals surface area contributed by atoms with Gasteiger partial charge in [0, 0.05) is 5.56 Å². The van der Waals surface area contributed by atoms with Gasteiger partial charge >= 0.3 is 0 Å². The Kier molecular flexibility index (Phi) is 2.31. The Bertz CT molecular complexity index is 435. The van der Waals surface area contributed by atoms with Crippen molar-refractivity contribution in [2.75, 3.05) is 0 Å². The molecule has 0 aromatic carbocycles. The number of nitrogens with zero attached hydrogens (tertiary/aromatic N) is 2. The largest absolute Gasteiger partial charge is 0.505 e. The highest BCUT2D eigenvalue weighted by atomic mass is 19.1. The van der Waals surface area contributed by atoms with Crippen LogP contribution in [0.3, 0.4) is 0 Å². The maximum Gasteiger partial charge on any atom is 0.183 e. The second-order valence-corrected chi connectivity index (χ2v) is 3.91. The van der Waals surface area contributed by atoms with E-state index in [4.69, 9.17) is 5.26 Å². The van der Waals surface area contributed by atoms with Crippen LogP contribution in [0.4, 0.5) is 4.39 Å². The standard InChI is InChI=1S/C11H11FN2O/c1-6-10(8(4-13)7-2-3-7)14-5-9(12)11(6)15/h5,7-8H,2-3H2,1H3,(H,14,15). The van der Waals surface area contributed by atoms with Crippen LogP contribution in [0.15, 0.2) is 6.20 Å². The van der Waals surface area contributed by atoms with Crippen molar-refractivity contribution in [3.8, 4) is 11.8 Å². The van der Waals surface area contributed by atoms with Gasteiger partial charge in [0.05, 0.1) is 23.9 Å². The molecular formula is C11H11FN2O. The molecule has 4 heteroatoms. The maximum absolute atomic E-state index is 12.9. The second-order valence-electron chi connectivity index (χ2n) is 3.91. The van der Waals surface area contributed by atoms with E-state index < -0.39 is 5.82 Å². The minimum absolute atomic E-state index is 0.309. The summed E-state index contributed by atoms with van der Waals surface area (Å²) < 4.78 is 12.9. The first-order chi connectivity index (χ1) is 7.15. The van der Waals surface area contributed by atoms with Gasteiger partial charge in [-0.15, -0.1) is 0 Å². The molecule has 1 aromatic rings. The number of hydrogen-bond donors (Lipinski definition) is 1. The van der Waals surface area contributed by atoms with E-state index in [2.05, 4.69) is 11.1 Å². The summed E-state index contributed by atoms with van der Waals surface area (Å²) in [6.45, 7) is 1.59. The molecule has 3 nitrogen and oxygen atoms in total. The monoisotopic (exact) mass is 206 g/mol. The predicted molar refractivity (Wildman–Crippen MR) is 51.7 cm³/mol. The van der Waals surface area contributed by atoms with Gasteiger partial charge in [-0.05, 0) is 25.7 Å². The van der Waals surface area contributed by atoms with Crippen LogP contribution < -0.4 is 0 Å². The molecule has 1 aliphatic rings. The molecule has 0 bridgehead atoms. The van der Waals surface area contributed by atoms with Crippen molar-refractivity contribution >= 4 is 0 Å². The van der Waals surface area contributed by atoms with Crippen LogP contribution >= 0.6 is 0 Å². The molecule has 1 fully saturated rings. The van der Waals surface area contributed by atoms with E-state index in [9.17, 15) is 9.50 Å². The molecular weight excluding hydrogens is 195 g/mol. The third-order valence-electron chi connectivity index (χ3n) is 2.81. The van der Waals surface area contributed by atoms with Crippen molar-refractivity contribution in [2.45, 2.75) is 25.7 Å². The van der Waals surface area contributed by atoms with Crippen LogP contribution in [0.5, 0.6) is 5.75 Å². The fourth-order valence-electron chi connectivity index (χ4n) is 1.72. The smallest absolute Gasteiger partial charge is 0.183 e. The molecule has 1 atom stereocenters. The van der Waals surface area contributed by atoms with E-state index in [1.54, 1.807) is 6.92 Å². The lowest BCUT2D eigenvalue weighted by molar-refractivity contribution is 0.423. The zero-order valence-electron chi connectivity index (χ0n) is 8.37. The molecule has 0 aliphatic heterocycles. The summed E-state index contributed by atoms with van der Waals surface area (Å²) in [5, 5.41) is 18.4. The minimum Gasteiger partial charge on any atom is -0.505 e. The third-order valence-corrected chi connectivity index (χ3v) is 2.81. The van der Waals surface area contributed by atoms with Gasteiger partial charge in [0.2, 0.25) is 0 Å². The van der Waals surface area contributed by atoms with E-state index in [1.807, 2.05) is 0 Å². The van der Waals surface area contributed by atoms with Gasteiger partial charge in [-0.1, -0.05) is 0 Å². The highest BCUT2D eigenvalue weighted by Gasteiger charge is 2.34. The number of aromatic hydroxyl groups is 1. The highest BCUT2D eigenvalue weighted by molar-refractivity contribution is 5.39. The zero-order valence-corrected chi connectivity index (χ0v) is 8.37. The SMILES string of the molecule is Cc1c(C(C#N)C2CC2)ncc(F)c1O. The van der Waals surface area contributed by atoms with Crippen molar-refractivity contribution in [3.63, 3.8) is 0 Å². The van der Waals surface area contributed by atoms with E-state index in [0.29, 0.717) is 17.2 Å². The van der Waals surface area contributed by atoms with Gasteiger partial charge < -0.3 is 5.11 Å². The normalized spacial score (nSPS) is 17.1. The fourth-order valence-corrected chi connectivity index (χ4v) is 1.72. The molecule has 0 spiro atoms. The van der Waals surface area contributed by atoms with E-state index >= 15 is 0 Å². The van der Waals surface area contributed by atoms with Crippen molar-refractivity contribution < 1.29 is 9.50 Å². The number of rotatable bonds is 2. The first kappa shape index (κ1) is 9.91. The quantitative estimate of drug-likeness (QED) is 0.807. The van der Waals surface area contributed by atoms with Gasteiger partial charge in [0.1, 0.15) is 0 Å². The molecule has 0 saturated heterocycles. The molecule has 0 radical (unpaired) electrons. The molecule has 78 valence electrons. The number of pyridine rings is 1. The van der Waals surface area contributed by atoms with Crippen molar-refractivity contribution in [1.82, 2.24) is 4.98 Å². The molecule has 1 aliphatic carbocycles. The lowest BCUT2D eigenvalue weighted by Gasteiger charge is -2.11. The average Bonchev–Trinajstić information content (AvgIpc) is 3.03. The summed E-state index contributed by atoms with van der Waals surface area (Å²) in [6.07, 6.45) is 3.00. The lowest BCUT2D eigenvalue weighted by Crippen LogP contribution is -2.05. The van der Waals surface area contributed by atoms with Crippen LogP contribution in [-0.4, -0.2) is 10.1 Å². The molecule has 0 amide bonds. The van der Waals surface area contributed by atoms with Crippen LogP contribution in [0.25, 0.3) is 0 Å². The van der Waals surface area contributed by atoms with Gasteiger partial charge in [0.15, 0.2) is 11.6 Å². The number of nitriles is 1. The Hall–Kier alpha value is -1.63. The van der Waals surface area contributed by atoms with Crippen LogP contribution in [-0.2, 0) is 0 Å². The minimum atomic E-state index is -0.733. The van der Waals surface area contributed by atoms with E-state index in [-0.39, 0.29) is 11.7 Å². The number of hydrogen-bond acceptors (Lipinski definition) is 3. The Morgan fingerprint density at radius 2 is 2.33 bits per heavy atom. The highest BCUT2D eigenvalue weighted by Crippen LogP contribution is 2.43. The third kappa shape index (κ3) is 1.65. The summed E-state index contributed by atoms with van der Waals surface area (Å²) in [7, 11) is 0. The molecule has 1 saturated carbocycles. The molecule has 2 rings (SSSR count). The Balaban J connectivity index is 2.44. The van der Waals surface area contributed by atoms with Gasteiger partial charge in [-0.2, -0.15) is 5.26 Å². The number of halogens is 1. The van der Waals surface area contributed by atoms with Crippen LogP contribution in [0, 0.1) is 30.0 Å². The van der Waals surface area contributed by atoms with Crippen LogP contribution in [0.1, 0.15) is 30.0 Å². The molecule has 1 unspecified atom stereocenters. The summed E-state index contributed by atoms with van der Waals surface area (Å²) >= 11 is 0. The summed E-state index contributed by atoms with van der Waals surface area (Å²) in [4.78, 5) is 3.91. The predicted octanol–water partition coefficient (Wildman–Crippen LogP) is 2.25. The summed E-state index contributed by atoms with van der Waals surface area (Å²) in [6, 6.07) is 2.17. The van der Waals surface area contributed by atoms with E-state index in [0.717, 1.165) is 19.0 Å². The number of aromatic nitrogens is 1. The van der Waals surface area contributed by atoms with Crippen molar-refractivity contribution in [3.05, 3.63) is 23.3 Å². The Morgan fingerprint density at radius 3 is 2.87 bits per heavy atom. The molecule has 15 heavy (non-hydrogen) atoms. The summed E-state index contributed by atoms with van der Waals surface area (Å²) in [5.74, 6) is -1.10. The topological polar surface area (TPSA) is 56.9 Å². The Labute approximate surface area is 87.2 Å². The van der Waals surface area contributed by atoms with Gasteiger partial charge in [-0.3, -0.25) is 4.98 Å².